The third-order valence-corrected chi connectivity index (χ3v) is 3.12. The molecule has 0 amide bonds. The van der Waals surface area contributed by atoms with Gasteiger partial charge in [0.1, 0.15) is 5.15 Å². The fraction of sp³-hybridized carbons (Fsp3) is 0.308. The van der Waals surface area contributed by atoms with Crippen LogP contribution in [-0.2, 0) is 6.54 Å². The quantitative estimate of drug-likeness (QED) is 0.823. The summed E-state index contributed by atoms with van der Waals surface area (Å²) < 4.78 is 0. The Hall–Kier alpha value is -1.12. The van der Waals surface area contributed by atoms with Crippen LogP contribution in [0.15, 0.2) is 30.3 Å². The largest absolute Gasteiger partial charge is 0.310 e. The van der Waals surface area contributed by atoms with Crippen LogP contribution in [-0.4, -0.2) is 11.0 Å². The van der Waals surface area contributed by atoms with Crippen LogP contribution >= 0.6 is 11.6 Å². The predicted molar refractivity (Wildman–Crippen MR) is 66.6 cm³/mol. The van der Waals surface area contributed by atoms with E-state index in [1.165, 1.54) is 23.8 Å². The first kappa shape index (κ1) is 10.1. The van der Waals surface area contributed by atoms with E-state index in [-0.39, 0.29) is 0 Å². The van der Waals surface area contributed by atoms with Crippen LogP contribution in [0.3, 0.4) is 0 Å². The average Bonchev–Trinajstić information content (AvgIpc) is 3.09. The van der Waals surface area contributed by atoms with E-state index in [1.807, 2.05) is 24.3 Å². The molecule has 0 unspecified atom stereocenters. The molecule has 82 valence electrons. The average molecular weight is 233 g/mol. The summed E-state index contributed by atoms with van der Waals surface area (Å²) in [4.78, 5) is 4.32. The van der Waals surface area contributed by atoms with Crippen molar-refractivity contribution in [3.63, 3.8) is 0 Å². The SMILES string of the molecule is Clc1cc(CNC2CC2)c2ccccc2n1. The molecule has 0 atom stereocenters. The molecule has 1 aliphatic carbocycles. The second kappa shape index (κ2) is 4.04. The Morgan fingerprint density at radius 3 is 2.94 bits per heavy atom. The van der Waals surface area contributed by atoms with E-state index in [2.05, 4.69) is 16.4 Å². The maximum atomic E-state index is 6.02. The lowest BCUT2D eigenvalue weighted by atomic mass is 10.1. The fourth-order valence-electron chi connectivity index (χ4n) is 1.90. The molecule has 2 nitrogen and oxygen atoms in total. The molecule has 1 aromatic heterocycles. The molecule has 0 bridgehead atoms. The standard InChI is InChI=1S/C13H13ClN2/c14-13-7-9(8-15-10-5-6-10)11-3-1-2-4-12(11)16-13/h1-4,7,10,15H,5-6,8H2. The number of pyridine rings is 1. The molecule has 1 aromatic carbocycles. The Labute approximate surface area is 99.6 Å². The van der Waals surface area contributed by atoms with Gasteiger partial charge in [-0.05, 0) is 30.5 Å². The molecular weight excluding hydrogens is 220 g/mol. The Balaban J connectivity index is 1.99. The summed E-state index contributed by atoms with van der Waals surface area (Å²) in [6.45, 7) is 0.882. The van der Waals surface area contributed by atoms with Gasteiger partial charge in [0, 0.05) is 18.0 Å². The van der Waals surface area contributed by atoms with Crippen molar-refractivity contribution in [3.8, 4) is 0 Å². The lowest BCUT2D eigenvalue weighted by Gasteiger charge is -2.07. The molecule has 3 rings (SSSR count). The van der Waals surface area contributed by atoms with Crippen molar-refractivity contribution in [3.05, 3.63) is 41.0 Å². The first-order chi connectivity index (χ1) is 7.83. The van der Waals surface area contributed by atoms with Crippen LogP contribution in [0.4, 0.5) is 0 Å². The molecule has 3 heteroatoms. The van der Waals surface area contributed by atoms with E-state index >= 15 is 0 Å². The molecule has 1 fully saturated rings. The summed E-state index contributed by atoms with van der Waals surface area (Å²) in [5.74, 6) is 0. The van der Waals surface area contributed by atoms with E-state index in [9.17, 15) is 0 Å². The Morgan fingerprint density at radius 2 is 2.12 bits per heavy atom. The zero-order chi connectivity index (χ0) is 11.0. The number of benzene rings is 1. The second-order valence-electron chi connectivity index (χ2n) is 4.28. The Kier molecular flexibility index (Phi) is 2.54. The van der Waals surface area contributed by atoms with Crippen LogP contribution < -0.4 is 5.32 Å². The number of fused-ring (bicyclic) bond motifs is 1. The topological polar surface area (TPSA) is 24.9 Å². The summed E-state index contributed by atoms with van der Waals surface area (Å²) in [6, 6.07) is 10.8. The number of hydrogen-bond acceptors (Lipinski definition) is 2. The molecule has 0 saturated heterocycles. The fourth-order valence-corrected chi connectivity index (χ4v) is 2.12. The van der Waals surface area contributed by atoms with Crippen LogP contribution in [0.2, 0.25) is 5.15 Å². The van der Waals surface area contributed by atoms with Crippen molar-refractivity contribution in [2.24, 2.45) is 0 Å². The second-order valence-corrected chi connectivity index (χ2v) is 4.66. The van der Waals surface area contributed by atoms with Gasteiger partial charge in [-0.3, -0.25) is 0 Å². The summed E-state index contributed by atoms with van der Waals surface area (Å²) in [6.07, 6.45) is 2.60. The van der Waals surface area contributed by atoms with Gasteiger partial charge in [-0.1, -0.05) is 29.8 Å². The van der Waals surface area contributed by atoms with E-state index in [0.29, 0.717) is 11.2 Å². The predicted octanol–water partition coefficient (Wildman–Crippen LogP) is 3.14. The molecule has 1 heterocycles. The smallest absolute Gasteiger partial charge is 0.130 e. The number of para-hydroxylation sites is 1. The summed E-state index contributed by atoms with van der Waals surface area (Å²) in [7, 11) is 0. The highest BCUT2D eigenvalue weighted by Gasteiger charge is 2.20. The van der Waals surface area contributed by atoms with Crippen molar-refractivity contribution >= 4 is 22.5 Å². The van der Waals surface area contributed by atoms with Gasteiger partial charge in [-0.15, -0.1) is 0 Å². The van der Waals surface area contributed by atoms with Gasteiger partial charge in [-0.2, -0.15) is 0 Å². The van der Waals surface area contributed by atoms with Crippen LogP contribution in [0.5, 0.6) is 0 Å². The molecule has 1 N–H and O–H groups in total. The molecule has 1 aliphatic rings. The minimum Gasteiger partial charge on any atom is -0.310 e. The number of nitrogens with one attached hydrogen (secondary N) is 1. The van der Waals surface area contributed by atoms with Crippen LogP contribution in [0.1, 0.15) is 18.4 Å². The molecular formula is C13H13ClN2. The first-order valence-electron chi connectivity index (χ1n) is 5.60. The molecule has 1 saturated carbocycles. The van der Waals surface area contributed by atoms with Crippen molar-refractivity contribution < 1.29 is 0 Å². The monoisotopic (exact) mass is 232 g/mol. The van der Waals surface area contributed by atoms with Gasteiger partial charge in [-0.25, -0.2) is 4.98 Å². The van der Waals surface area contributed by atoms with Crippen molar-refractivity contribution in [2.45, 2.75) is 25.4 Å². The minimum absolute atomic E-state index is 0.575. The third-order valence-electron chi connectivity index (χ3n) is 2.93. The number of rotatable bonds is 3. The Bertz CT molecular complexity index is 520. The van der Waals surface area contributed by atoms with Gasteiger partial charge in [0.25, 0.3) is 0 Å². The van der Waals surface area contributed by atoms with E-state index in [0.717, 1.165) is 12.1 Å². The number of nitrogens with zero attached hydrogens (tertiary/aromatic N) is 1. The maximum absolute atomic E-state index is 6.02. The van der Waals surface area contributed by atoms with Gasteiger partial charge in [0.2, 0.25) is 0 Å². The van der Waals surface area contributed by atoms with Crippen LogP contribution in [0.25, 0.3) is 10.9 Å². The highest BCUT2D eigenvalue weighted by atomic mass is 35.5. The van der Waals surface area contributed by atoms with Gasteiger partial charge >= 0.3 is 0 Å². The molecule has 16 heavy (non-hydrogen) atoms. The van der Waals surface area contributed by atoms with Crippen molar-refractivity contribution in [1.82, 2.24) is 10.3 Å². The van der Waals surface area contributed by atoms with Gasteiger partial charge in [0.05, 0.1) is 5.52 Å². The minimum atomic E-state index is 0.575. The summed E-state index contributed by atoms with van der Waals surface area (Å²) >= 11 is 6.02. The molecule has 0 spiro atoms. The Morgan fingerprint density at radius 1 is 1.31 bits per heavy atom. The van der Waals surface area contributed by atoms with Crippen LogP contribution in [0, 0.1) is 0 Å². The molecule has 0 radical (unpaired) electrons. The zero-order valence-corrected chi connectivity index (χ0v) is 9.67. The number of hydrogen-bond donors (Lipinski definition) is 1. The lowest BCUT2D eigenvalue weighted by molar-refractivity contribution is 0.690. The highest BCUT2D eigenvalue weighted by molar-refractivity contribution is 6.29. The van der Waals surface area contributed by atoms with E-state index in [4.69, 9.17) is 11.6 Å². The summed E-state index contributed by atoms with van der Waals surface area (Å²) in [5, 5.41) is 5.28. The third kappa shape index (κ3) is 2.04. The molecule has 0 aliphatic heterocycles. The van der Waals surface area contributed by atoms with Gasteiger partial charge < -0.3 is 5.32 Å². The lowest BCUT2D eigenvalue weighted by Crippen LogP contribution is -2.15. The summed E-state index contributed by atoms with van der Waals surface area (Å²) in [5.41, 5.74) is 2.21. The first-order valence-corrected chi connectivity index (χ1v) is 5.98. The highest BCUT2D eigenvalue weighted by Crippen LogP contribution is 2.23. The zero-order valence-electron chi connectivity index (χ0n) is 8.91. The van der Waals surface area contributed by atoms with Crippen molar-refractivity contribution in [2.75, 3.05) is 0 Å². The normalized spacial score (nSPS) is 15.6. The molecule has 2 aromatic rings. The maximum Gasteiger partial charge on any atom is 0.130 e. The number of aromatic nitrogens is 1. The van der Waals surface area contributed by atoms with E-state index in [1.54, 1.807) is 0 Å². The van der Waals surface area contributed by atoms with E-state index < -0.39 is 0 Å². The van der Waals surface area contributed by atoms with Crippen molar-refractivity contribution in [1.29, 1.82) is 0 Å². The number of halogens is 1. The van der Waals surface area contributed by atoms with Gasteiger partial charge in [0.15, 0.2) is 0 Å².